The lowest BCUT2D eigenvalue weighted by molar-refractivity contribution is -0.154. The monoisotopic (exact) mass is 440 g/mol. The fourth-order valence-corrected chi connectivity index (χ4v) is 4.11. The van der Waals surface area contributed by atoms with Crippen LogP contribution in [0.1, 0.15) is 61.8 Å². The minimum atomic E-state index is -0.777. The van der Waals surface area contributed by atoms with Gasteiger partial charge in [0.15, 0.2) is 0 Å². The molecule has 0 saturated carbocycles. The number of urea groups is 1. The number of hydrogen-bond donors (Lipinski definition) is 3. The molecular weight excluding hydrogens is 396 g/mol. The molecule has 0 bridgehead atoms. The van der Waals surface area contributed by atoms with Gasteiger partial charge in [-0.15, -0.1) is 0 Å². The second kappa shape index (κ2) is 10.7. The third-order valence-electron chi connectivity index (χ3n) is 6.17. The number of likely N-dealkylation sites (tertiary alicyclic amines) is 1. The lowest BCUT2D eigenvalue weighted by atomic mass is 9.84. The van der Waals surface area contributed by atoms with E-state index >= 15 is 0 Å². The summed E-state index contributed by atoms with van der Waals surface area (Å²) in [6, 6.07) is -1.91. The number of nitrogens with zero attached hydrogens (tertiary/aromatic N) is 1. The summed E-state index contributed by atoms with van der Waals surface area (Å²) in [4.78, 5) is 40.6. The summed E-state index contributed by atoms with van der Waals surface area (Å²) < 4.78 is 5.02. The van der Waals surface area contributed by atoms with Gasteiger partial charge < -0.3 is 25.6 Å². The van der Waals surface area contributed by atoms with E-state index in [4.69, 9.17) is 4.74 Å². The summed E-state index contributed by atoms with van der Waals surface area (Å²) in [6.45, 7) is 17.1. The molecule has 1 unspecified atom stereocenters. The molecule has 31 heavy (non-hydrogen) atoms. The van der Waals surface area contributed by atoms with Gasteiger partial charge in [0.2, 0.25) is 5.91 Å². The molecule has 8 heteroatoms. The molecule has 0 aromatic heterocycles. The maximum absolute atomic E-state index is 13.6. The average Bonchev–Trinajstić information content (AvgIpc) is 3.08. The van der Waals surface area contributed by atoms with Gasteiger partial charge in [-0.25, -0.2) is 9.59 Å². The van der Waals surface area contributed by atoms with E-state index in [0.29, 0.717) is 13.1 Å². The van der Waals surface area contributed by atoms with E-state index in [1.54, 1.807) is 4.90 Å². The third-order valence-corrected chi connectivity index (χ3v) is 6.17. The van der Waals surface area contributed by atoms with Crippen molar-refractivity contribution in [3.63, 3.8) is 0 Å². The number of ether oxygens (including phenoxy) is 1. The molecule has 1 aliphatic heterocycles. The Morgan fingerprint density at radius 1 is 1.03 bits per heavy atom. The van der Waals surface area contributed by atoms with E-state index in [0.717, 1.165) is 6.42 Å². The van der Waals surface area contributed by atoms with Crippen molar-refractivity contribution in [2.45, 2.75) is 79.9 Å². The van der Waals surface area contributed by atoms with Crippen molar-refractivity contribution in [3.05, 3.63) is 0 Å². The van der Waals surface area contributed by atoms with Crippen molar-refractivity contribution in [3.8, 4) is 0 Å². The summed E-state index contributed by atoms with van der Waals surface area (Å²) in [7, 11) is 3.19. The average molecular weight is 441 g/mol. The SMILES string of the molecule is CNC[C@@H](NC(=O)N[C@H](C(=O)N1CCC(C(C)C)[C@H]1C(=O)OC)C(C)(C)C)C(C)(C)C. The zero-order chi connectivity index (χ0) is 24.1. The molecule has 180 valence electrons. The summed E-state index contributed by atoms with van der Waals surface area (Å²) >= 11 is 0. The second-order valence-electron chi connectivity index (χ2n) is 11.1. The highest BCUT2D eigenvalue weighted by Crippen LogP contribution is 2.33. The number of carbonyl (C=O) groups is 3. The zero-order valence-electron chi connectivity index (χ0n) is 21.1. The van der Waals surface area contributed by atoms with Crippen LogP contribution in [0, 0.1) is 22.7 Å². The van der Waals surface area contributed by atoms with Crippen LogP contribution in [0.25, 0.3) is 0 Å². The molecule has 1 rings (SSSR count). The van der Waals surface area contributed by atoms with Crippen molar-refractivity contribution in [2.75, 3.05) is 27.2 Å². The Kier molecular flexibility index (Phi) is 9.35. The highest BCUT2D eigenvalue weighted by atomic mass is 16.5. The number of methoxy groups -OCH3 is 1. The summed E-state index contributed by atoms with van der Waals surface area (Å²) in [5, 5.41) is 9.00. The Morgan fingerprint density at radius 3 is 2.03 bits per heavy atom. The highest BCUT2D eigenvalue weighted by Gasteiger charge is 2.47. The van der Waals surface area contributed by atoms with E-state index in [9.17, 15) is 14.4 Å². The minimum Gasteiger partial charge on any atom is -0.467 e. The normalized spacial score (nSPS) is 21.6. The molecule has 0 radical (unpaired) electrons. The maximum atomic E-state index is 13.6. The van der Waals surface area contributed by atoms with Gasteiger partial charge in [-0.3, -0.25) is 4.79 Å². The largest absolute Gasteiger partial charge is 0.467 e. The maximum Gasteiger partial charge on any atom is 0.328 e. The Morgan fingerprint density at radius 2 is 1.61 bits per heavy atom. The first-order valence-electron chi connectivity index (χ1n) is 11.2. The summed E-state index contributed by atoms with van der Waals surface area (Å²) in [5.74, 6) is -0.377. The number of nitrogens with one attached hydrogen (secondary N) is 3. The van der Waals surface area contributed by atoms with Gasteiger partial charge in [0.1, 0.15) is 12.1 Å². The zero-order valence-corrected chi connectivity index (χ0v) is 21.1. The van der Waals surface area contributed by atoms with Crippen LogP contribution in [0.3, 0.4) is 0 Å². The van der Waals surface area contributed by atoms with Crippen molar-refractivity contribution in [2.24, 2.45) is 22.7 Å². The highest BCUT2D eigenvalue weighted by molar-refractivity contribution is 5.91. The Balaban J connectivity index is 3.10. The minimum absolute atomic E-state index is 0.0340. The van der Waals surface area contributed by atoms with Gasteiger partial charge >= 0.3 is 12.0 Å². The predicted octanol–water partition coefficient (Wildman–Crippen LogP) is 2.38. The molecular formula is C23H44N4O4. The number of rotatable bonds is 7. The lowest BCUT2D eigenvalue weighted by Gasteiger charge is -2.37. The fourth-order valence-electron chi connectivity index (χ4n) is 4.11. The van der Waals surface area contributed by atoms with Crippen LogP contribution in [0.15, 0.2) is 0 Å². The van der Waals surface area contributed by atoms with Crippen LogP contribution in [0.5, 0.6) is 0 Å². The second-order valence-corrected chi connectivity index (χ2v) is 11.1. The first-order valence-corrected chi connectivity index (χ1v) is 11.2. The van der Waals surface area contributed by atoms with E-state index in [2.05, 4.69) is 50.6 Å². The third kappa shape index (κ3) is 7.09. The smallest absolute Gasteiger partial charge is 0.328 e. The molecule has 8 nitrogen and oxygen atoms in total. The van der Waals surface area contributed by atoms with Crippen LogP contribution in [0.4, 0.5) is 4.79 Å². The van der Waals surface area contributed by atoms with Crippen LogP contribution >= 0.6 is 0 Å². The van der Waals surface area contributed by atoms with Crippen LogP contribution in [0.2, 0.25) is 0 Å². The van der Waals surface area contributed by atoms with Gasteiger partial charge in [0.05, 0.1) is 7.11 Å². The Bertz CT molecular complexity index is 636. The number of carbonyl (C=O) groups excluding carboxylic acids is 3. The molecule has 3 amide bonds. The van der Waals surface area contributed by atoms with E-state index in [-0.39, 0.29) is 29.2 Å². The van der Waals surface area contributed by atoms with Crippen molar-refractivity contribution in [1.82, 2.24) is 20.9 Å². The van der Waals surface area contributed by atoms with Gasteiger partial charge in [-0.2, -0.15) is 0 Å². The van der Waals surface area contributed by atoms with Crippen molar-refractivity contribution in [1.29, 1.82) is 0 Å². The standard InChI is InChI=1S/C23H44N4O4/c1-14(2)15-11-12-27(17(15)20(29)31-10)19(28)18(23(6,7)8)26-21(30)25-16(13-24-9)22(3,4)5/h14-18,24H,11-13H2,1-10H3,(H2,25,26,30)/t15?,16-,17+,18-/m1/s1. The number of hydrogen-bond acceptors (Lipinski definition) is 5. The molecule has 4 atom stereocenters. The summed E-state index contributed by atoms with van der Waals surface area (Å²) in [6.07, 6.45) is 0.737. The molecule has 0 aromatic carbocycles. The van der Waals surface area contributed by atoms with E-state index in [1.165, 1.54) is 7.11 Å². The van der Waals surface area contributed by atoms with Crippen LogP contribution in [-0.2, 0) is 14.3 Å². The lowest BCUT2D eigenvalue weighted by Crippen LogP contribution is -2.61. The topological polar surface area (TPSA) is 99.8 Å². The molecule has 3 N–H and O–H groups in total. The van der Waals surface area contributed by atoms with Gasteiger partial charge in [0.25, 0.3) is 0 Å². The van der Waals surface area contributed by atoms with Gasteiger partial charge in [-0.1, -0.05) is 55.4 Å². The summed E-state index contributed by atoms with van der Waals surface area (Å²) in [5.41, 5.74) is -0.692. The van der Waals surface area contributed by atoms with Gasteiger partial charge in [0, 0.05) is 19.1 Å². The number of esters is 1. The quantitative estimate of drug-likeness (QED) is 0.528. The van der Waals surface area contributed by atoms with Crippen molar-refractivity contribution >= 4 is 17.9 Å². The van der Waals surface area contributed by atoms with Crippen LogP contribution in [-0.4, -0.2) is 68.2 Å². The Hall–Kier alpha value is -1.83. The van der Waals surface area contributed by atoms with Crippen LogP contribution < -0.4 is 16.0 Å². The molecule has 1 heterocycles. The molecule has 1 fully saturated rings. The predicted molar refractivity (Wildman–Crippen MR) is 123 cm³/mol. The first-order chi connectivity index (χ1) is 14.1. The Labute approximate surface area is 188 Å². The molecule has 1 aliphatic rings. The van der Waals surface area contributed by atoms with E-state index in [1.807, 2.05) is 27.8 Å². The first kappa shape index (κ1) is 27.2. The molecule has 0 aliphatic carbocycles. The number of amides is 3. The van der Waals surface area contributed by atoms with Crippen molar-refractivity contribution < 1.29 is 19.1 Å². The fraction of sp³-hybridized carbons (Fsp3) is 0.870. The molecule has 0 aromatic rings. The molecule has 1 saturated heterocycles. The number of likely N-dealkylation sites (N-methyl/N-ethyl adjacent to an activating group) is 1. The molecule has 0 spiro atoms. The van der Waals surface area contributed by atoms with E-state index < -0.39 is 29.5 Å². The van der Waals surface area contributed by atoms with Gasteiger partial charge in [-0.05, 0) is 36.1 Å².